The van der Waals surface area contributed by atoms with Crippen molar-refractivity contribution in [2.45, 2.75) is 17.4 Å². The third-order valence-electron chi connectivity index (χ3n) is 5.58. The van der Waals surface area contributed by atoms with E-state index in [4.69, 9.17) is 0 Å². The first-order valence-electron chi connectivity index (χ1n) is 9.93. The van der Waals surface area contributed by atoms with E-state index < -0.39 is 0 Å². The number of thioether (sulfide) groups is 1. The Bertz CT molecular complexity index is 1140. The van der Waals surface area contributed by atoms with Gasteiger partial charge in [-0.1, -0.05) is 66.7 Å². The highest BCUT2D eigenvalue weighted by Gasteiger charge is 2.34. The van der Waals surface area contributed by atoms with Crippen LogP contribution in [0.1, 0.15) is 22.9 Å². The van der Waals surface area contributed by atoms with Gasteiger partial charge in [-0.05, 0) is 35.7 Å². The van der Waals surface area contributed by atoms with Crippen LogP contribution < -0.4 is 0 Å². The van der Waals surface area contributed by atoms with Gasteiger partial charge in [-0.3, -0.25) is 4.79 Å². The summed E-state index contributed by atoms with van der Waals surface area (Å²) in [6.07, 6.45) is 0.879. The number of amides is 1. The number of nitrogens with one attached hydrogen (secondary N) is 1. The minimum absolute atomic E-state index is 0.0729. The van der Waals surface area contributed by atoms with Crippen LogP contribution in [0.2, 0.25) is 0 Å². The summed E-state index contributed by atoms with van der Waals surface area (Å²) in [5, 5.41) is 1.27. The van der Waals surface area contributed by atoms with Crippen molar-refractivity contribution in [2.75, 3.05) is 12.3 Å². The number of carbonyl (C=O) groups excluding carboxylic acids is 1. The van der Waals surface area contributed by atoms with E-state index in [-0.39, 0.29) is 11.9 Å². The van der Waals surface area contributed by atoms with Crippen molar-refractivity contribution in [1.82, 2.24) is 9.88 Å². The third kappa shape index (κ3) is 3.45. The molecule has 0 saturated heterocycles. The number of hydrogen-bond acceptors (Lipinski definition) is 2. The molecule has 0 radical (unpaired) electrons. The smallest absolute Gasteiger partial charge is 0.233 e. The number of aromatic nitrogens is 1. The minimum atomic E-state index is -0.0729. The fourth-order valence-corrected chi connectivity index (χ4v) is 5.04. The summed E-state index contributed by atoms with van der Waals surface area (Å²) in [4.78, 5) is 20.1. The zero-order valence-corrected chi connectivity index (χ0v) is 16.9. The highest BCUT2D eigenvalue weighted by molar-refractivity contribution is 8.00. The molecule has 0 bridgehead atoms. The first kappa shape index (κ1) is 18.1. The molecule has 5 rings (SSSR count). The molecule has 0 spiro atoms. The number of benzene rings is 3. The molecule has 0 aliphatic carbocycles. The van der Waals surface area contributed by atoms with Crippen LogP contribution in [0.15, 0.2) is 89.8 Å². The molecule has 1 amide bonds. The molecule has 1 aliphatic heterocycles. The number of H-pyrrole nitrogens is 1. The Morgan fingerprint density at radius 1 is 0.931 bits per heavy atom. The van der Waals surface area contributed by atoms with Gasteiger partial charge in [-0.2, -0.15) is 0 Å². The Balaban J connectivity index is 1.50. The number of carbonyl (C=O) groups is 1. The van der Waals surface area contributed by atoms with Crippen LogP contribution in [-0.4, -0.2) is 28.1 Å². The average Bonchev–Trinajstić information content (AvgIpc) is 3.17. The maximum atomic E-state index is 13.3. The molecule has 1 aromatic heterocycles. The number of rotatable bonds is 4. The number of nitrogens with zero attached hydrogens (tertiary/aromatic N) is 1. The molecule has 4 aromatic rings. The largest absolute Gasteiger partial charge is 0.356 e. The number of fused-ring (bicyclic) bond motifs is 3. The van der Waals surface area contributed by atoms with Gasteiger partial charge >= 0.3 is 0 Å². The van der Waals surface area contributed by atoms with Crippen LogP contribution in [0.25, 0.3) is 10.9 Å². The second-order valence-corrected chi connectivity index (χ2v) is 8.36. The monoisotopic (exact) mass is 398 g/mol. The molecule has 1 aliphatic rings. The molecule has 144 valence electrons. The van der Waals surface area contributed by atoms with Gasteiger partial charge < -0.3 is 9.88 Å². The Labute approximate surface area is 174 Å². The lowest BCUT2D eigenvalue weighted by Gasteiger charge is -2.36. The second kappa shape index (κ2) is 7.80. The lowest BCUT2D eigenvalue weighted by atomic mass is 9.92. The second-order valence-electron chi connectivity index (χ2n) is 7.31. The molecular formula is C25H22N2OS. The first-order valence-corrected chi connectivity index (χ1v) is 10.9. The normalized spacial score (nSPS) is 16.0. The average molecular weight is 399 g/mol. The van der Waals surface area contributed by atoms with Gasteiger partial charge in [0.1, 0.15) is 0 Å². The van der Waals surface area contributed by atoms with Crippen LogP contribution in [-0.2, 0) is 11.2 Å². The van der Waals surface area contributed by atoms with Crippen molar-refractivity contribution in [2.24, 2.45) is 0 Å². The van der Waals surface area contributed by atoms with Crippen molar-refractivity contribution >= 4 is 28.6 Å². The van der Waals surface area contributed by atoms with E-state index in [1.54, 1.807) is 11.8 Å². The molecular weight excluding hydrogens is 376 g/mol. The third-order valence-corrected chi connectivity index (χ3v) is 6.57. The van der Waals surface area contributed by atoms with Crippen LogP contribution in [0.4, 0.5) is 0 Å². The van der Waals surface area contributed by atoms with Gasteiger partial charge in [0.2, 0.25) is 5.91 Å². The van der Waals surface area contributed by atoms with E-state index in [1.807, 2.05) is 41.3 Å². The van der Waals surface area contributed by atoms with Crippen LogP contribution >= 0.6 is 11.8 Å². The van der Waals surface area contributed by atoms with Gasteiger partial charge in [0.05, 0.1) is 11.8 Å². The minimum Gasteiger partial charge on any atom is -0.356 e. The summed E-state index contributed by atoms with van der Waals surface area (Å²) in [6.45, 7) is 0.739. The quantitative estimate of drug-likeness (QED) is 0.465. The highest BCUT2D eigenvalue weighted by Crippen LogP contribution is 2.38. The summed E-state index contributed by atoms with van der Waals surface area (Å²) in [6, 6.07) is 28.9. The molecule has 29 heavy (non-hydrogen) atoms. The fraction of sp³-hybridized carbons (Fsp3) is 0.160. The SMILES string of the molecule is O=C(CSc1ccccc1)N1CCc2c([nH]c3ccccc23)[C@@H]1c1ccccc1. The zero-order chi connectivity index (χ0) is 19.6. The van der Waals surface area contributed by atoms with Crippen molar-refractivity contribution in [3.05, 3.63) is 102 Å². The summed E-state index contributed by atoms with van der Waals surface area (Å²) < 4.78 is 0. The van der Waals surface area contributed by atoms with Crippen molar-refractivity contribution in [1.29, 1.82) is 0 Å². The lowest BCUT2D eigenvalue weighted by Crippen LogP contribution is -2.41. The Morgan fingerprint density at radius 3 is 2.41 bits per heavy atom. The van der Waals surface area contributed by atoms with Crippen molar-refractivity contribution in [3.8, 4) is 0 Å². The van der Waals surface area contributed by atoms with Gasteiger partial charge in [-0.15, -0.1) is 11.8 Å². The van der Waals surface area contributed by atoms with Crippen LogP contribution in [0.3, 0.4) is 0 Å². The Hall–Kier alpha value is -2.98. The molecule has 2 heterocycles. The molecule has 1 atom stereocenters. The Morgan fingerprint density at radius 2 is 1.62 bits per heavy atom. The predicted molar refractivity (Wildman–Crippen MR) is 119 cm³/mol. The van der Waals surface area contributed by atoms with Crippen LogP contribution in [0.5, 0.6) is 0 Å². The van der Waals surface area contributed by atoms with E-state index in [1.165, 1.54) is 10.9 Å². The number of aromatic amines is 1. The molecule has 3 nitrogen and oxygen atoms in total. The predicted octanol–water partition coefficient (Wildman–Crippen LogP) is 5.43. The fourth-order valence-electron chi connectivity index (χ4n) is 4.24. The highest BCUT2D eigenvalue weighted by atomic mass is 32.2. The summed E-state index contributed by atoms with van der Waals surface area (Å²) in [7, 11) is 0. The van der Waals surface area contributed by atoms with Gasteiger partial charge in [0.15, 0.2) is 0 Å². The molecule has 0 unspecified atom stereocenters. The van der Waals surface area contributed by atoms with Gasteiger partial charge in [0.25, 0.3) is 0 Å². The van der Waals surface area contributed by atoms with Crippen LogP contribution in [0, 0.1) is 0 Å². The molecule has 0 fully saturated rings. The van der Waals surface area contributed by atoms with E-state index >= 15 is 0 Å². The van der Waals surface area contributed by atoms with E-state index in [0.29, 0.717) is 5.75 Å². The standard InChI is InChI=1S/C25H22N2OS/c28-23(17-29-19-11-5-2-6-12-19)27-16-15-21-20-13-7-8-14-22(20)26-24(21)25(27)18-9-3-1-4-10-18/h1-14,25-26H,15-17H2/t25-/m0/s1. The topological polar surface area (TPSA) is 36.1 Å². The van der Waals surface area contributed by atoms with E-state index in [2.05, 4.69) is 53.5 Å². The van der Waals surface area contributed by atoms with Crippen molar-refractivity contribution in [3.63, 3.8) is 0 Å². The van der Waals surface area contributed by atoms with Crippen molar-refractivity contribution < 1.29 is 4.79 Å². The lowest BCUT2D eigenvalue weighted by molar-refractivity contribution is -0.130. The summed E-state index contributed by atoms with van der Waals surface area (Å²) >= 11 is 1.60. The maximum absolute atomic E-state index is 13.3. The Kier molecular flexibility index (Phi) is 4.86. The molecule has 1 N–H and O–H groups in total. The molecule has 0 saturated carbocycles. The van der Waals surface area contributed by atoms with E-state index in [0.717, 1.165) is 34.6 Å². The summed E-state index contributed by atoms with van der Waals surface area (Å²) in [5.74, 6) is 0.625. The number of para-hydroxylation sites is 1. The summed E-state index contributed by atoms with van der Waals surface area (Å²) in [5.41, 5.74) is 4.79. The maximum Gasteiger partial charge on any atom is 0.233 e. The number of hydrogen-bond donors (Lipinski definition) is 1. The molecule has 4 heteroatoms. The first-order chi connectivity index (χ1) is 14.3. The van der Waals surface area contributed by atoms with E-state index in [9.17, 15) is 4.79 Å². The van der Waals surface area contributed by atoms with Gasteiger partial charge in [-0.25, -0.2) is 0 Å². The zero-order valence-electron chi connectivity index (χ0n) is 16.0. The van der Waals surface area contributed by atoms with Gasteiger partial charge in [0, 0.05) is 28.0 Å². The molecule has 3 aromatic carbocycles.